The van der Waals surface area contributed by atoms with Gasteiger partial charge in [0.15, 0.2) is 5.13 Å². The summed E-state index contributed by atoms with van der Waals surface area (Å²) in [6, 6.07) is 0.934. The highest BCUT2D eigenvalue weighted by Gasteiger charge is 2.21. The number of nitrogens with one attached hydrogen (secondary N) is 1. The number of aromatic nitrogens is 1. The highest BCUT2D eigenvalue weighted by molar-refractivity contribution is 7.13. The van der Waals surface area contributed by atoms with Gasteiger partial charge < -0.3 is 15.0 Å². The topological polar surface area (TPSA) is 37.4 Å². The fourth-order valence-corrected chi connectivity index (χ4v) is 2.78. The first-order valence-electron chi connectivity index (χ1n) is 6.19. The van der Waals surface area contributed by atoms with Crippen LogP contribution in [0.1, 0.15) is 26.5 Å². The molecular formula is C12H21N3OS. The van der Waals surface area contributed by atoms with Crippen molar-refractivity contribution < 1.29 is 4.74 Å². The Labute approximate surface area is 107 Å². The molecule has 96 valence electrons. The van der Waals surface area contributed by atoms with Crippen LogP contribution in [-0.4, -0.2) is 36.8 Å². The molecule has 1 aromatic rings. The van der Waals surface area contributed by atoms with Gasteiger partial charge in [0.05, 0.1) is 24.9 Å². The predicted molar refractivity (Wildman–Crippen MR) is 71.7 cm³/mol. The van der Waals surface area contributed by atoms with Crippen molar-refractivity contribution in [1.29, 1.82) is 0 Å². The van der Waals surface area contributed by atoms with Gasteiger partial charge in [0.1, 0.15) is 0 Å². The molecule has 1 N–H and O–H groups in total. The lowest BCUT2D eigenvalue weighted by atomic mass is 10.3. The molecule has 2 rings (SSSR count). The minimum atomic E-state index is 0.431. The minimum Gasteiger partial charge on any atom is -0.377 e. The summed E-state index contributed by atoms with van der Waals surface area (Å²) in [5, 5.41) is 6.66. The molecule has 0 aromatic carbocycles. The number of hydrogen-bond donors (Lipinski definition) is 1. The molecule has 0 saturated carbocycles. The summed E-state index contributed by atoms with van der Waals surface area (Å²) < 4.78 is 5.44. The second-order valence-electron chi connectivity index (χ2n) is 4.77. The van der Waals surface area contributed by atoms with Crippen molar-refractivity contribution in [2.75, 3.05) is 24.7 Å². The first-order valence-corrected chi connectivity index (χ1v) is 7.07. The van der Waals surface area contributed by atoms with Crippen molar-refractivity contribution in [3.05, 3.63) is 11.1 Å². The first-order chi connectivity index (χ1) is 8.16. The summed E-state index contributed by atoms with van der Waals surface area (Å²) >= 11 is 1.73. The zero-order chi connectivity index (χ0) is 12.3. The fraction of sp³-hybridized carbons (Fsp3) is 0.750. The average molecular weight is 255 g/mol. The maximum absolute atomic E-state index is 5.44. The lowest BCUT2D eigenvalue weighted by Gasteiger charge is -2.32. The molecule has 1 aliphatic heterocycles. The van der Waals surface area contributed by atoms with Crippen molar-refractivity contribution in [3.63, 3.8) is 0 Å². The van der Waals surface area contributed by atoms with Gasteiger partial charge in [-0.05, 0) is 6.92 Å². The van der Waals surface area contributed by atoms with Crippen molar-refractivity contribution in [1.82, 2.24) is 10.3 Å². The molecule has 4 nitrogen and oxygen atoms in total. The van der Waals surface area contributed by atoms with Gasteiger partial charge in [-0.3, -0.25) is 0 Å². The van der Waals surface area contributed by atoms with Gasteiger partial charge >= 0.3 is 0 Å². The Morgan fingerprint density at radius 1 is 1.65 bits per heavy atom. The van der Waals surface area contributed by atoms with Crippen LogP contribution in [0.2, 0.25) is 0 Å². The van der Waals surface area contributed by atoms with Crippen LogP contribution in [0.5, 0.6) is 0 Å². The molecule has 0 amide bonds. The molecule has 0 bridgehead atoms. The van der Waals surface area contributed by atoms with E-state index in [-0.39, 0.29) is 0 Å². The Hall–Kier alpha value is -0.650. The van der Waals surface area contributed by atoms with Crippen LogP contribution < -0.4 is 10.2 Å². The maximum atomic E-state index is 5.44. The number of hydrogen-bond acceptors (Lipinski definition) is 5. The minimum absolute atomic E-state index is 0.431. The van der Waals surface area contributed by atoms with Crippen LogP contribution in [0.4, 0.5) is 5.13 Å². The molecule has 1 fully saturated rings. The van der Waals surface area contributed by atoms with Gasteiger partial charge in [-0.2, -0.15) is 0 Å². The Bertz CT molecular complexity index is 353. The van der Waals surface area contributed by atoms with Crippen LogP contribution in [-0.2, 0) is 11.3 Å². The lowest BCUT2D eigenvalue weighted by molar-refractivity contribution is 0.0989. The van der Waals surface area contributed by atoms with E-state index < -0.39 is 0 Å². The third-order valence-electron chi connectivity index (χ3n) is 2.84. The average Bonchev–Trinajstić information content (AvgIpc) is 2.75. The van der Waals surface area contributed by atoms with Crippen LogP contribution in [0, 0.1) is 0 Å². The number of anilines is 1. The monoisotopic (exact) mass is 255 g/mol. The van der Waals surface area contributed by atoms with Crippen LogP contribution in [0.15, 0.2) is 5.38 Å². The zero-order valence-electron chi connectivity index (χ0n) is 10.8. The van der Waals surface area contributed by atoms with Crippen molar-refractivity contribution >= 4 is 16.5 Å². The number of ether oxygens (including phenoxy) is 1. The number of rotatable bonds is 4. The van der Waals surface area contributed by atoms with E-state index in [9.17, 15) is 0 Å². The summed E-state index contributed by atoms with van der Waals surface area (Å²) in [7, 11) is 0. The van der Waals surface area contributed by atoms with Crippen molar-refractivity contribution in [2.45, 2.75) is 39.4 Å². The van der Waals surface area contributed by atoms with Gasteiger partial charge in [0.25, 0.3) is 0 Å². The van der Waals surface area contributed by atoms with E-state index in [4.69, 9.17) is 4.74 Å². The Balaban J connectivity index is 1.97. The van der Waals surface area contributed by atoms with Crippen LogP contribution >= 0.6 is 11.3 Å². The summed E-state index contributed by atoms with van der Waals surface area (Å²) in [5.41, 5.74) is 1.14. The fourth-order valence-electron chi connectivity index (χ4n) is 1.83. The third-order valence-corrected chi connectivity index (χ3v) is 3.77. The van der Waals surface area contributed by atoms with Crippen LogP contribution in [0.3, 0.4) is 0 Å². The van der Waals surface area contributed by atoms with Gasteiger partial charge in [0.2, 0.25) is 0 Å². The molecule has 1 atom stereocenters. The van der Waals surface area contributed by atoms with Gasteiger partial charge in [-0.25, -0.2) is 4.98 Å². The molecule has 0 spiro atoms. The smallest absolute Gasteiger partial charge is 0.185 e. The molecule has 2 heterocycles. The third kappa shape index (κ3) is 3.40. The molecule has 17 heavy (non-hydrogen) atoms. The van der Waals surface area contributed by atoms with E-state index in [0.29, 0.717) is 12.1 Å². The quantitative estimate of drug-likeness (QED) is 0.891. The Morgan fingerprint density at radius 3 is 3.18 bits per heavy atom. The van der Waals surface area contributed by atoms with E-state index in [1.54, 1.807) is 11.3 Å². The maximum Gasteiger partial charge on any atom is 0.185 e. The van der Waals surface area contributed by atoms with Gasteiger partial charge in [-0.15, -0.1) is 11.3 Å². The molecular weight excluding hydrogens is 234 g/mol. The molecule has 0 radical (unpaired) electrons. The van der Waals surface area contributed by atoms with Gasteiger partial charge in [0, 0.05) is 24.5 Å². The molecule has 1 unspecified atom stereocenters. The number of thiazole rings is 1. The summed E-state index contributed by atoms with van der Waals surface area (Å²) in [6.45, 7) is 9.91. The van der Waals surface area contributed by atoms with E-state index in [2.05, 4.69) is 41.4 Å². The van der Waals surface area contributed by atoms with E-state index in [1.165, 1.54) is 0 Å². The Kier molecular flexibility index (Phi) is 4.36. The van der Waals surface area contributed by atoms with E-state index >= 15 is 0 Å². The normalized spacial score (nSPS) is 21.2. The van der Waals surface area contributed by atoms with E-state index in [1.807, 2.05) is 0 Å². The second-order valence-corrected chi connectivity index (χ2v) is 5.61. The number of nitrogens with zero attached hydrogens (tertiary/aromatic N) is 2. The van der Waals surface area contributed by atoms with Crippen molar-refractivity contribution in [3.8, 4) is 0 Å². The Morgan fingerprint density at radius 2 is 2.47 bits per heavy atom. The highest BCUT2D eigenvalue weighted by Crippen LogP contribution is 2.24. The largest absolute Gasteiger partial charge is 0.377 e. The summed E-state index contributed by atoms with van der Waals surface area (Å²) in [6.07, 6.45) is 0. The molecule has 1 saturated heterocycles. The van der Waals surface area contributed by atoms with E-state index in [0.717, 1.165) is 37.1 Å². The molecule has 1 aromatic heterocycles. The molecule has 5 heteroatoms. The highest BCUT2D eigenvalue weighted by atomic mass is 32.1. The summed E-state index contributed by atoms with van der Waals surface area (Å²) in [4.78, 5) is 7.02. The predicted octanol–water partition coefficient (Wildman–Crippen LogP) is 1.87. The first kappa shape index (κ1) is 12.8. The molecule has 1 aliphatic rings. The molecule has 0 aliphatic carbocycles. The SMILES string of the molecule is CC(C)NCc1csc(N2CCOCC2C)n1. The van der Waals surface area contributed by atoms with Crippen molar-refractivity contribution in [2.24, 2.45) is 0 Å². The number of morpholine rings is 1. The second kappa shape index (κ2) is 5.80. The lowest BCUT2D eigenvalue weighted by Crippen LogP contribution is -2.43. The zero-order valence-corrected chi connectivity index (χ0v) is 11.6. The van der Waals surface area contributed by atoms with Crippen LogP contribution in [0.25, 0.3) is 0 Å². The van der Waals surface area contributed by atoms with Gasteiger partial charge in [-0.1, -0.05) is 13.8 Å². The summed E-state index contributed by atoms with van der Waals surface area (Å²) in [5.74, 6) is 0. The standard InChI is InChI=1S/C12H21N3OS/c1-9(2)13-6-11-8-17-12(14-11)15-4-5-16-7-10(15)3/h8-10,13H,4-7H2,1-3H3.